The van der Waals surface area contributed by atoms with Gasteiger partial charge in [0.25, 0.3) is 5.91 Å². The van der Waals surface area contributed by atoms with Crippen molar-refractivity contribution in [3.63, 3.8) is 0 Å². The van der Waals surface area contributed by atoms with E-state index in [9.17, 15) is 13.6 Å². The molecule has 0 saturated carbocycles. The highest BCUT2D eigenvalue weighted by Crippen LogP contribution is 2.29. The largest absolute Gasteiger partial charge is 0.351 e. The first kappa shape index (κ1) is 22.9. The third-order valence-electron chi connectivity index (χ3n) is 6.36. The Bertz CT molecular complexity index is 1210. The quantitative estimate of drug-likeness (QED) is 0.503. The Hall–Kier alpha value is -2.91. The second-order valence-corrected chi connectivity index (χ2v) is 9.14. The van der Waals surface area contributed by atoms with Crippen LogP contribution in [0, 0.1) is 11.6 Å². The first-order chi connectivity index (χ1) is 16.5. The molecule has 7 nitrogen and oxygen atoms in total. The molecule has 5 rings (SSSR count). The summed E-state index contributed by atoms with van der Waals surface area (Å²) in [5, 5.41) is 4.20. The van der Waals surface area contributed by atoms with Crippen LogP contribution in [0.4, 0.5) is 14.6 Å². The highest BCUT2D eigenvalue weighted by atomic mass is 35.5. The van der Waals surface area contributed by atoms with Gasteiger partial charge in [0.15, 0.2) is 11.5 Å². The average Bonchev–Trinajstić information content (AvgIpc) is 3.32. The van der Waals surface area contributed by atoms with Crippen LogP contribution in [0.2, 0.25) is 5.02 Å². The zero-order valence-electron chi connectivity index (χ0n) is 18.7. The number of rotatable bonds is 5. The van der Waals surface area contributed by atoms with Crippen molar-refractivity contribution in [1.82, 2.24) is 24.6 Å². The molecule has 2 aliphatic heterocycles. The van der Waals surface area contributed by atoms with Gasteiger partial charge in [0.1, 0.15) is 11.6 Å². The molecule has 10 heteroatoms. The second-order valence-electron chi connectivity index (χ2n) is 8.77. The van der Waals surface area contributed by atoms with E-state index >= 15 is 0 Å². The molecule has 0 spiro atoms. The lowest BCUT2D eigenvalue weighted by Gasteiger charge is -2.30. The molecule has 1 saturated heterocycles. The average molecular weight is 487 g/mol. The fourth-order valence-corrected chi connectivity index (χ4v) is 4.78. The molecular formula is C24H25ClF2N6O. The predicted octanol–water partition coefficient (Wildman–Crippen LogP) is 4.23. The summed E-state index contributed by atoms with van der Waals surface area (Å²) in [5.74, 6) is -1.17. The van der Waals surface area contributed by atoms with Gasteiger partial charge in [-0.2, -0.15) is 5.10 Å². The molecule has 0 bridgehead atoms. The molecule has 1 aromatic carbocycles. The number of aromatic nitrogens is 4. The van der Waals surface area contributed by atoms with Gasteiger partial charge in [0.05, 0.1) is 22.6 Å². The van der Waals surface area contributed by atoms with E-state index in [1.54, 1.807) is 11.1 Å². The first-order valence-electron chi connectivity index (χ1n) is 11.5. The fourth-order valence-electron chi connectivity index (χ4n) is 4.56. The molecule has 178 valence electrons. The summed E-state index contributed by atoms with van der Waals surface area (Å²) in [6.07, 6.45) is 8.19. The van der Waals surface area contributed by atoms with Gasteiger partial charge in [-0.15, -0.1) is 0 Å². The number of hydrogen-bond donors (Lipinski definition) is 0. The number of carbonyl (C=O) groups is 1. The summed E-state index contributed by atoms with van der Waals surface area (Å²) in [6.45, 7) is 3.40. The Morgan fingerprint density at radius 1 is 1.00 bits per heavy atom. The van der Waals surface area contributed by atoms with Crippen LogP contribution in [0.25, 0.3) is 0 Å². The maximum Gasteiger partial charge on any atom is 0.298 e. The van der Waals surface area contributed by atoms with Crippen LogP contribution in [-0.4, -0.2) is 50.2 Å². The fraction of sp³-hybridized carbons (Fsp3) is 0.417. The van der Waals surface area contributed by atoms with Crippen LogP contribution >= 0.6 is 11.6 Å². The molecule has 34 heavy (non-hydrogen) atoms. The van der Waals surface area contributed by atoms with Crippen LogP contribution in [0.15, 0.2) is 30.6 Å². The molecule has 1 fully saturated rings. The van der Waals surface area contributed by atoms with E-state index in [0.717, 1.165) is 37.3 Å². The molecule has 0 atom stereocenters. The maximum atomic E-state index is 14.4. The van der Waals surface area contributed by atoms with Crippen molar-refractivity contribution in [1.29, 1.82) is 0 Å². The van der Waals surface area contributed by atoms with Gasteiger partial charge in [-0.3, -0.25) is 14.7 Å². The molecule has 3 aromatic rings. The number of anilines is 1. The van der Waals surface area contributed by atoms with Gasteiger partial charge in [-0.05, 0) is 57.0 Å². The SMILES string of the molecule is O=C(c1cnc2c(n1)N(Cc1c(F)ccc(F)c1Cl)CCC2)n1ccc(CN2CCCCC2)n1. The van der Waals surface area contributed by atoms with E-state index in [4.69, 9.17) is 11.6 Å². The number of likely N-dealkylation sites (tertiary alicyclic amines) is 1. The maximum absolute atomic E-state index is 14.4. The summed E-state index contributed by atoms with van der Waals surface area (Å²) >= 11 is 6.03. The minimum absolute atomic E-state index is 0.0313. The van der Waals surface area contributed by atoms with Crippen LogP contribution in [-0.2, 0) is 19.5 Å². The van der Waals surface area contributed by atoms with Crippen molar-refractivity contribution in [3.05, 3.63) is 69.9 Å². The normalized spacial score (nSPS) is 16.5. The Kier molecular flexibility index (Phi) is 6.56. The third kappa shape index (κ3) is 4.67. The monoisotopic (exact) mass is 486 g/mol. The van der Waals surface area contributed by atoms with E-state index in [-0.39, 0.29) is 28.7 Å². The van der Waals surface area contributed by atoms with Crippen molar-refractivity contribution in [2.24, 2.45) is 0 Å². The van der Waals surface area contributed by atoms with Gasteiger partial charge >= 0.3 is 0 Å². The lowest BCUT2D eigenvalue weighted by molar-refractivity contribution is 0.0938. The number of carbonyl (C=O) groups excluding carboxylic acids is 1. The number of halogens is 3. The van der Waals surface area contributed by atoms with Crippen LogP contribution in [0.3, 0.4) is 0 Å². The molecule has 0 unspecified atom stereocenters. The van der Waals surface area contributed by atoms with Gasteiger partial charge in [-0.1, -0.05) is 18.0 Å². The molecule has 2 aliphatic rings. The summed E-state index contributed by atoms with van der Waals surface area (Å²) in [5.41, 5.74) is 1.74. The van der Waals surface area contributed by atoms with Crippen molar-refractivity contribution < 1.29 is 13.6 Å². The van der Waals surface area contributed by atoms with Crippen LogP contribution in [0.1, 0.15) is 53.1 Å². The third-order valence-corrected chi connectivity index (χ3v) is 6.77. The number of fused-ring (bicyclic) bond motifs is 1. The molecule has 0 N–H and O–H groups in total. The Morgan fingerprint density at radius 2 is 1.79 bits per heavy atom. The molecule has 0 radical (unpaired) electrons. The van der Waals surface area contributed by atoms with E-state index in [1.165, 1.54) is 30.1 Å². The summed E-state index contributed by atoms with van der Waals surface area (Å²) in [4.78, 5) is 26.2. The van der Waals surface area contributed by atoms with Crippen molar-refractivity contribution in [3.8, 4) is 0 Å². The van der Waals surface area contributed by atoms with Crippen molar-refractivity contribution in [2.75, 3.05) is 24.5 Å². The van der Waals surface area contributed by atoms with Crippen molar-refractivity contribution >= 4 is 23.3 Å². The number of piperidine rings is 1. The van der Waals surface area contributed by atoms with Gasteiger partial charge in [-0.25, -0.2) is 18.4 Å². The van der Waals surface area contributed by atoms with E-state index in [2.05, 4.69) is 20.0 Å². The first-order valence-corrected chi connectivity index (χ1v) is 11.9. The number of aryl methyl sites for hydroxylation is 1. The standard InChI is InChI=1S/C24H25ClF2N6O/c25-22-17(18(26)6-7-19(22)27)15-32-11-4-5-20-23(32)29-21(13-28-20)24(34)33-12-8-16(30-33)14-31-9-2-1-3-10-31/h6-8,12-13H,1-5,9-11,14-15H2. The Labute approximate surface area is 201 Å². The minimum atomic E-state index is -0.677. The summed E-state index contributed by atoms with van der Waals surface area (Å²) in [6, 6.07) is 3.91. The van der Waals surface area contributed by atoms with Crippen LogP contribution < -0.4 is 4.90 Å². The Morgan fingerprint density at radius 3 is 2.62 bits per heavy atom. The van der Waals surface area contributed by atoms with Crippen LogP contribution in [0.5, 0.6) is 0 Å². The smallest absolute Gasteiger partial charge is 0.298 e. The van der Waals surface area contributed by atoms with E-state index in [1.807, 2.05) is 6.07 Å². The Balaban J connectivity index is 1.37. The van der Waals surface area contributed by atoms with Gasteiger partial charge < -0.3 is 4.90 Å². The molecule has 2 aromatic heterocycles. The zero-order chi connectivity index (χ0) is 23.7. The number of nitrogens with zero attached hydrogens (tertiary/aromatic N) is 6. The molecule has 0 aliphatic carbocycles. The lowest BCUT2D eigenvalue weighted by Crippen LogP contribution is -2.32. The minimum Gasteiger partial charge on any atom is -0.351 e. The predicted molar refractivity (Wildman–Crippen MR) is 124 cm³/mol. The topological polar surface area (TPSA) is 67.2 Å². The molecular weight excluding hydrogens is 462 g/mol. The van der Waals surface area contributed by atoms with Crippen molar-refractivity contribution in [2.45, 2.75) is 45.2 Å². The highest BCUT2D eigenvalue weighted by molar-refractivity contribution is 6.31. The summed E-state index contributed by atoms with van der Waals surface area (Å²) in [7, 11) is 0. The van der Waals surface area contributed by atoms with Gasteiger partial charge in [0, 0.05) is 31.4 Å². The molecule has 4 heterocycles. The van der Waals surface area contributed by atoms with E-state index in [0.29, 0.717) is 31.0 Å². The zero-order valence-corrected chi connectivity index (χ0v) is 19.4. The summed E-state index contributed by atoms with van der Waals surface area (Å²) < 4.78 is 29.6. The van der Waals surface area contributed by atoms with Gasteiger partial charge in [0.2, 0.25) is 0 Å². The van der Waals surface area contributed by atoms with E-state index < -0.39 is 11.6 Å². The highest BCUT2D eigenvalue weighted by Gasteiger charge is 2.25. The lowest BCUT2D eigenvalue weighted by atomic mass is 10.1. The molecule has 0 amide bonds. The second kappa shape index (κ2) is 9.76. The number of hydrogen-bond acceptors (Lipinski definition) is 6. The number of benzene rings is 1.